The molecular weight excluding hydrogens is 388 g/mol. The zero-order chi connectivity index (χ0) is 22.5. The topological polar surface area (TPSA) is 113 Å². The number of hydrogen-bond donors (Lipinski definition) is 5. The van der Waals surface area contributed by atoms with Crippen molar-refractivity contribution in [1.82, 2.24) is 16.0 Å². The van der Waals surface area contributed by atoms with Gasteiger partial charge in [0.15, 0.2) is 11.5 Å². The zero-order valence-electron chi connectivity index (χ0n) is 18.8. The second-order valence-electron chi connectivity index (χ2n) is 7.46. The van der Waals surface area contributed by atoms with Gasteiger partial charge in [-0.1, -0.05) is 0 Å². The molecule has 0 aromatic heterocycles. The molecule has 1 unspecified atom stereocenters. The molecule has 0 saturated heterocycles. The summed E-state index contributed by atoms with van der Waals surface area (Å²) in [4.78, 5) is 26.9. The number of phenolic OH excluding ortho intramolecular Hbond substituents is 1. The molecule has 1 atom stereocenters. The van der Waals surface area contributed by atoms with Gasteiger partial charge in [0.25, 0.3) is 0 Å². The maximum atomic E-state index is 12.8. The van der Waals surface area contributed by atoms with Crippen molar-refractivity contribution in [3.8, 4) is 17.2 Å². The molecule has 0 fully saturated rings. The SMILES string of the molecule is CNCCCNC(=O)C(Cc1cc(OC)c(O)c(OC)c1)C(=O)NCCC[NH+](C)C. The zero-order valence-corrected chi connectivity index (χ0v) is 18.8. The number of rotatable bonds is 14. The number of carbonyl (C=O) groups excluding carboxylic acids is 2. The van der Waals surface area contributed by atoms with Gasteiger partial charge in [-0.25, -0.2) is 0 Å². The second-order valence-corrected chi connectivity index (χ2v) is 7.46. The van der Waals surface area contributed by atoms with E-state index in [2.05, 4.69) is 30.0 Å². The molecule has 0 saturated carbocycles. The number of phenols is 1. The molecule has 1 aromatic rings. The van der Waals surface area contributed by atoms with Crippen LogP contribution in [0.5, 0.6) is 17.2 Å². The van der Waals surface area contributed by atoms with E-state index in [4.69, 9.17) is 9.47 Å². The molecule has 0 bridgehead atoms. The average Bonchev–Trinajstić information content (AvgIpc) is 2.72. The van der Waals surface area contributed by atoms with E-state index < -0.39 is 5.92 Å². The van der Waals surface area contributed by atoms with Crippen molar-refractivity contribution in [3.63, 3.8) is 0 Å². The molecule has 0 radical (unpaired) electrons. The van der Waals surface area contributed by atoms with E-state index in [9.17, 15) is 14.7 Å². The van der Waals surface area contributed by atoms with E-state index >= 15 is 0 Å². The van der Waals surface area contributed by atoms with Gasteiger partial charge < -0.3 is 35.4 Å². The molecule has 1 rings (SSSR count). The summed E-state index contributed by atoms with van der Waals surface area (Å²) in [6.45, 7) is 2.69. The third-order valence-electron chi connectivity index (χ3n) is 4.67. The monoisotopic (exact) mass is 425 g/mol. The number of amides is 2. The first-order valence-electron chi connectivity index (χ1n) is 10.3. The van der Waals surface area contributed by atoms with E-state index in [-0.39, 0.29) is 35.5 Å². The Morgan fingerprint density at radius 1 is 1.00 bits per heavy atom. The van der Waals surface area contributed by atoms with E-state index in [1.807, 2.05) is 7.05 Å². The summed E-state index contributed by atoms with van der Waals surface area (Å²) in [5.74, 6) is -1.20. The third-order valence-corrected chi connectivity index (χ3v) is 4.67. The summed E-state index contributed by atoms with van der Waals surface area (Å²) in [6, 6.07) is 3.23. The highest BCUT2D eigenvalue weighted by atomic mass is 16.5. The summed E-state index contributed by atoms with van der Waals surface area (Å²) >= 11 is 0. The number of quaternary nitrogens is 1. The van der Waals surface area contributed by atoms with Gasteiger partial charge in [0.05, 0.1) is 34.9 Å². The van der Waals surface area contributed by atoms with E-state index in [1.54, 1.807) is 12.1 Å². The van der Waals surface area contributed by atoms with Gasteiger partial charge in [-0.05, 0) is 44.1 Å². The number of carbonyl (C=O) groups is 2. The van der Waals surface area contributed by atoms with Crippen LogP contribution < -0.4 is 30.3 Å². The minimum atomic E-state index is -0.898. The van der Waals surface area contributed by atoms with Crippen LogP contribution in [0.3, 0.4) is 0 Å². The molecule has 0 aliphatic carbocycles. The Kier molecular flexibility index (Phi) is 11.6. The average molecular weight is 426 g/mol. The Bertz CT molecular complexity index is 656. The van der Waals surface area contributed by atoms with Gasteiger partial charge in [0.2, 0.25) is 17.6 Å². The van der Waals surface area contributed by atoms with Crippen LogP contribution in [0, 0.1) is 5.92 Å². The first kappa shape index (κ1) is 25.5. The molecule has 0 heterocycles. The van der Waals surface area contributed by atoms with Crippen molar-refractivity contribution < 1.29 is 29.1 Å². The van der Waals surface area contributed by atoms with Crippen molar-refractivity contribution in [2.45, 2.75) is 19.3 Å². The number of hydrogen-bond acceptors (Lipinski definition) is 6. The van der Waals surface area contributed by atoms with Gasteiger partial charge in [0, 0.05) is 19.5 Å². The molecule has 0 aliphatic heterocycles. The Hall–Kier alpha value is -2.52. The third kappa shape index (κ3) is 8.46. The molecule has 1 aromatic carbocycles. The van der Waals surface area contributed by atoms with Crippen molar-refractivity contribution in [3.05, 3.63) is 17.7 Å². The number of methoxy groups -OCH3 is 2. The summed E-state index contributed by atoms with van der Waals surface area (Å²) in [7, 11) is 8.82. The quantitative estimate of drug-likeness (QED) is 0.192. The van der Waals surface area contributed by atoms with Crippen LogP contribution in [0.2, 0.25) is 0 Å². The normalized spacial score (nSPS) is 11.8. The highest BCUT2D eigenvalue weighted by Crippen LogP contribution is 2.37. The highest BCUT2D eigenvalue weighted by molar-refractivity contribution is 6.00. The fourth-order valence-electron chi connectivity index (χ4n) is 2.98. The largest absolute Gasteiger partial charge is 0.502 e. The lowest BCUT2D eigenvalue weighted by Gasteiger charge is -2.18. The lowest BCUT2D eigenvalue weighted by molar-refractivity contribution is -0.858. The van der Waals surface area contributed by atoms with E-state index in [0.717, 1.165) is 25.9 Å². The summed E-state index contributed by atoms with van der Waals surface area (Å²) in [5.41, 5.74) is 0.657. The van der Waals surface area contributed by atoms with Crippen LogP contribution in [-0.4, -0.2) is 78.5 Å². The van der Waals surface area contributed by atoms with E-state index in [1.165, 1.54) is 19.1 Å². The Morgan fingerprint density at radius 3 is 2.00 bits per heavy atom. The van der Waals surface area contributed by atoms with Crippen molar-refractivity contribution in [2.24, 2.45) is 5.92 Å². The first-order chi connectivity index (χ1) is 14.3. The number of benzene rings is 1. The van der Waals surface area contributed by atoms with Crippen LogP contribution in [-0.2, 0) is 16.0 Å². The van der Waals surface area contributed by atoms with Gasteiger partial charge in [-0.2, -0.15) is 0 Å². The smallest absolute Gasteiger partial charge is 0.232 e. The summed E-state index contributed by atoms with van der Waals surface area (Å²) in [6.07, 6.45) is 1.75. The molecular formula is C21H37N4O5+. The lowest BCUT2D eigenvalue weighted by Crippen LogP contribution is -3.05. The van der Waals surface area contributed by atoms with Crippen molar-refractivity contribution >= 4 is 11.8 Å². The molecule has 0 spiro atoms. The standard InChI is InChI=1S/C21H36N4O5/c1-22-8-6-9-23-20(27)16(21(28)24-10-7-11-25(2)3)12-15-13-17(29-4)19(26)18(14-15)30-5/h13-14,16,22,26H,6-12H2,1-5H3,(H,23,27)(H,24,28)/p+1. The molecule has 9 nitrogen and oxygen atoms in total. The fraction of sp³-hybridized carbons (Fsp3) is 0.619. The van der Waals surface area contributed by atoms with Crippen LogP contribution in [0.15, 0.2) is 12.1 Å². The second kappa shape index (κ2) is 13.7. The maximum Gasteiger partial charge on any atom is 0.232 e. The Labute approximate surface area is 179 Å². The van der Waals surface area contributed by atoms with Gasteiger partial charge >= 0.3 is 0 Å². The number of nitrogens with one attached hydrogen (secondary N) is 4. The van der Waals surface area contributed by atoms with Crippen LogP contribution in [0.4, 0.5) is 0 Å². The van der Waals surface area contributed by atoms with Gasteiger partial charge in [-0.15, -0.1) is 0 Å². The molecule has 5 N–H and O–H groups in total. The van der Waals surface area contributed by atoms with Crippen molar-refractivity contribution in [2.75, 3.05) is 61.5 Å². The van der Waals surface area contributed by atoms with Crippen LogP contribution >= 0.6 is 0 Å². The summed E-state index contributed by atoms with van der Waals surface area (Å²) in [5, 5.41) is 18.8. The Balaban J connectivity index is 2.93. The van der Waals surface area contributed by atoms with Gasteiger partial charge in [0.1, 0.15) is 5.92 Å². The lowest BCUT2D eigenvalue weighted by atomic mass is 9.96. The number of ether oxygens (including phenoxy) is 2. The van der Waals surface area contributed by atoms with Gasteiger partial charge in [-0.3, -0.25) is 9.59 Å². The van der Waals surface area contributed by atoms with Crippen LogP contribution in [0.25, 0.3) is 0 Å². The van der Waals surface area contributed by atoms with Crippen LogP contribution in [0.1, 0.15) is 18.4 Å². The van der Waals surface area contributed by atoms with Crippen molar-refractivity contribution in [1.29, 1.82) is 0 Å². The molecule has 2 amide bonds. The molecule has 0 aliphatic rings. The predicted octanol–water partition coefficient (Wildman–Crippen LogP) is -1.06. The Morgan fingerprint density at radius 2 is 1.53 bits per heavy atom. The fourth-order valence-corrected chi connectivity index (χ4v) is 2.98. The predicted molar refractivity (Wildman–Crippen MR) is 115 cm³/mol. The number of aromatic hydroxyl groups is 1. The highest BCUT2D eigenvalue weighted by Gasteiger charge is 2.27. The molecule has 30 heavy (non-hydrogen) atoms. The molecule has 170 valence electrons. The first-order valence-corrected chi connectivity index (χ1v) is 10.3. The minimum absolute atomic E-state index is 0.118. The van der Waals surface area contributed by atoms with E-state index in [0.29, 0.717) is 18.7 Å². The summed E-state index contributed by atoms with van der Waals surface area (Å²) < 4.78 is 10.4. The minimum Gasteiger partial charge on any atom is -0.502 e. The molecule has 9 heteroatoms. The maximum absolute atomic E-state index is 12.8.